The van der Waals surface area contributed by atoms with Crippen LogP contribution in [0.25, 0.3) is 0 Å². The monoisotopic (exact) mass is 267 g/mol. The molecule has 0 radical (unpaired) electrons. The number of primary sulfonamides is 1. The molecule has 104 valence electrons. The summed E-state index contributed by atoms with van der Waals surface area (Å²) in [4.78, 5) is 0. The molecule has 0 amide bonds. The Labute approximate surface area is 105 Å². The van der Waals surface area contributed by atoms with E-state index < -0.39 is 10.0 Å². The van der Waals surface area contributed by atoms with Crippen molar-refractivity contribution in [1.29, 1.82) is 0 Å². The zero-order valence-electron chi connectivity index (χ0n) is 10.9. The molecule has 0 saturated heterocycles. The highest BCUT2D eigenvalue weighted by atomic mass is 32.2. The van der Waals surface area contributed by atoms with Crippen molar-refractivity contribution in [2.24, 2.45) is 11.1 Å². The van der Waals surface area contributed by atoms with E-state index >= 15 is 0 Å². The van der Waals surface area contributed by atoms with Gasteiger partial charge in [-0.15, -0.1) is 0 Å². The van der Waals surface area contributed by atoms with Gasteiger partial charge in [0.25, 0.3) is 0 Å². The van der Waals surface area contributed by atoms with E-state index in [1.807, 2.05) is 0 Å². The Morgan fingerprint density at radius 3 is 2.24 bits per heavy atom. The molecule has 0 heterocycles. The van der Waals surface area contributed by atoms with Crippen molar-refractivity contribution in [2.75, 3.05) is 32.2 Å². The van der Waals surface area contributed by atoms with Gasteiger partial charge in [-0.1, -0.05) is 20.3 Å². The minimum Gasteiger partial charge on any atom is -0.379 e. The minimum absolute atomic E-state index is 0.0600. The molecule has 0 aromatic rings. The van der Waals surface area contributed by atoms with Gasteiger partial charge < -0.3 is 9.47 Å². The van der Waals surface area contributed by atoms with E-state index in [1.165, 1.54) is 0 Å². The predicted octanol–water partition coefficient (Wildman–Crippen LogP) is 1.13. The number of rotatable bonds is 11. The van der Waals surface area contributed by atoms with Crippen LogP contribution >= 0.6 is 0 Å². The Balaban J connectivity index is 3.09. The van der Waals surface area contributed by atoms with Crippen LogP contribution in [0, 0.1) is 5.92 Å². The maximum absolute atomic E-state index is 10.6. The molecule has 0 unspecified atom stereocenters. The fraction of sp³-hybridized carbons (Fsp3) is 1.00. The maximum atomic E-state index is 10.6. The topological polar surface area (TPSA) is 78.6 Å². The first-order valence-corrected chi connectivity index (χ1v) is 7.79. The fourth-order valence-corrected chi connectivity index (χ4v) is 1.83. The third-order valence-corrected chi connectivity index (χ3v) is 2.90. The van der Waals surface area contributed by atoms with Crippen LogP contribution in [0.1, 0.15) is 33.1 Å². The summed E-state index contributed by atoms with van der Waals surface area (Å²) in [6, 6.07) is 0. The van der Waals surface area contributed by atoms with Crippen LogP contribution in [0.4, 0.5) is 0 Å². The van der Waals surface area contributed by atoms with E-state index in [1.54, 1.807) is 0 Å². The Hall–Kier alpha value is -0.170. The first kappa shape index (κ1) is 16.8. The van der Waals surface area contributed by atoms with Gasteiger partial charge in [0.1, 0.15) is 0 Å². The average Bonchev–Trinajstić information content (AvgIpc) is 2.18. The number of sulfonamides is 1. The molecule has 0 rings (SSSR count). The molecule has 0 saturated carbocycles. The van der Waals surface area contributed by atoms with Crippen molar-refractivity contribution in [2.45, 2.75) is 33.1 Å². The quantitative estimate of drug-likeness (QED) is 0.569. The normalized spacial score (nSPS) is 12.2. The highest BCUT2D eigenvalue weighted by Gasteiger charge is 2.01. The van der Waals surface area contributed by atoms with Crippen LogP contribution in [0.15, 0.2) is 0 Å². The van der Waals surface area contributed by atoms with Crippen molar-refractivity contribution in [3.05, 3.63) is 0 Å². The van der Waals surface area contributed by atoms with Crippen molar-refractivity contribution in [3.8, 4) is 0 Å². The third-order valence-electron chi connectivity index (χ3n) is 2.04. The molecule has 0 aromatic heterocycles. The average molecular weight is 267 g/mol. The van der Waals surface area contributed by atoms with Gasteiger partial charge in [0.2, 0.25) is 10.0 Å². The molecule has 0 fully saturated rings. The highest BCUT2D eigenvalue weighted by Crippen LogP contribution is 1.98. The van der Waals surface area contributed by atoms with Gasteiger partial charge >= 0.3 is 0 Å². The maximum Gasteiger partial charge on any atom is 0.209 e. The molecule has 6 heteroatoms. The predicted molar refractivity (Wildman–Crippen MR) is 68.3 cm³/mol. The fourth-order valence-electron chi connectivity index (χ4n) is 1.22. The van der Waals surface area contributed by atoms with Crippen molar-refractivity contribution >= 4 is 10.0 Å². The van der Waals surface area contributed by atoms with E-state index in [9.17, 15) is 8.42 Å². The first-order valence-electron chi connectivity index (χ1n) is 6.08. The van der Waals surface area contributed by atoms with E-state index in [0.29, 0.717) is 32.2 Å². The van der Waals surface area contributed by atoms with E-state index in [-0.39, 0.29) is 5.75 Å². The van der Waals surface area contributed by atoms with Crippen molar-refractivity contribution in [1.82, 2.24) is 0 Å². The van der Waals surface area contributed by atoms with Crippen LogP contribution in [0.3, 0.4) is 0 Å². The van der Waals surface area contributed by atoms with Crippen LogP contribution in [-0.4, -0.2) is 40.6 Å². The number of hydrogen-bond acceptors (Lipinski definition) is 4. The SMILES string of the molecule is CC(C)COCCOCCCCCS(N)(=O)=O. The lowest BCUT2D eigenvalue weighted by atomic mass is 10.2. The van der Waals surface area contributed by atoms with Gasteiger partial charge in [0, 0.05) is 13.2 Å². The summed E-state index contributed by atoms with van der Waals surface area (Å²) in [7, 11) is -3.30. The Morgan fingerprint density at radius 2 is 1.65 bits per heavy atom. The summed E-state index contributed by atoms with van der Waals surface area (Å²) < 4.78 is 31.9. The largest absolute Gasteiger partial charge is 0.379 e. The molecule has 0 atom stereocenters. The zero-order valence-corrected chi connectivity index (χ0v) is 11.7. The summed E-state index contributed by atoms with van der Waals surface area (Å²) >= 11 is 0. The lowest BCUT2D eigenvalue weighted by Crippen LogP contribution is -2.16. The molecular weight excluding hydrogens is 242 g/mol. The number of unbranched alkanes of at least 4 members (excludes halogenated alkanes) is 2. The second-order valence-electron chi connectivity index (χ2n) is 4.51. The van der Waals surface area contributed by atoms with Crippen LogP contribution in [0.2, 0.25) is 0 Å². The Bertz CT molecular complexity index is 265. The third kappa shape index (κ3) is 15.8. The van der Waals surface area contributed by atoms with Gasteiger partial charge in [-0.05, 0) is 18.8 Å². The van der Waals surface area contributed by atoms with Gasteiger partial charge in [0.15, 0.2) is 0 Å². The summed E-state index contributed by atoms with van der Waals surface area (Å²) in [5, 5.41) is 4.88. The highest BCUT2D eigenvalue weighted by molar-refractivity contribution is 7.89. The lowest BCUT2D eigenvalue weighted by Gasteiger charge is -2.07. The summed E-state index contributed by atoms with van der Waals surface area (Å²) in [5.41, 5.74) is 0. The lowest BCUT2D eigenvalue weighted by molar-refractivity contribution is 0.0366. The van der Waals surface area contributed by atoms with Gasteiger partial charge in [-0.2, -0.15) is 0 Å². The molecule has 5 nitrogen and oxygen atoms in total. The van der Waals surface area contributed by atoms with Gasteiger partial charge in [-0.25, -0.2) is 13.6 Å². The molecule has 17 heavy (non-hydrogen) atoms. The van der Waals surface area contributed by atoms with E-state index in [2.05, 4.69) is 13.8 Å². The van der Waals surface area contributed by atoms with Crippen LogP contribution in [-0.2, 0) is 19.5 Å². The first-order chi connectivity index (χ1) is 7.92. The number of hydrogen-bond donors (Lipinski definition) is 1. The van der Waals surface area contributed by atoms with E-state index in [4.69, 9.17) is 14.6 Å². The Morgan fingerprint density at radius 1 is 1.00 bits per heavy atom. The molecule has 0 bridgehead atoms. The number of nitrogens with two attached hydrogens (primary N) is 1. The second kappa shape index (κ2) is 9.82. The molecule has 0 spiro atoms. The number of ether oxygens (including phenoxy) is 2. The minimum atomic E-state index is -3.30. The second-order valence-corrected chi connectivity index (χ2v) is 6.24. The van der Waals surface area contributed by atoms with Crippen LogP contribution in [0.5, 0.6) is 0 Å². The molecule has 0 aliphatic rings. The summed E-state index contributed by atoms with van der Waals surface area (Å²) in [6.07, 6.45) is 2.29. The standard InChI is InChI=1S/C11H25NO4S/c1-11(2)10-16-8-7-15-6-4-3-5-9-17(12,13)14/h11H,3-10H2,1-2H3,(H2,12,13,14). The smallest absolute Gasteiger partial charge is 0.209 e. The van der Waals surface area contributed by atoms with Crippen molar-refractivity contribution in [3.63, 3.8) is 0 Å². The van der Waals surface area contributed by atoms with Gasteiger partial charge in [-0.3, -0.25) is 0 Å². The zero-order chi connectivity index (χ0) is 13.1. The molecule has 0 aliphatic carbocycles. The molecule has 0 aromatic carbocycles. The van der Waals surface area contributed by atoms with Gasteiger partial charge in [0.05, 0.1) is 19.0 Å². The molecular formula is C11H25NO4S. The Kier molecular flexibility index (Phi) is 9.72. The molecule has 2 N–H and O–H groups in total. The van der Waals surface area contributed by atoms with Crippen molar-refractivity contribution < 1.29 is 17.9 Å². The summed E-state index contributed by atoms with van der Waals surface area (Å²) in [6.45, 7) is 6.84. The summed E-state index contributed by atoms with van der Waals surface area (Å²) in [5.74, 6) is 0.609. The molecule has 0 aliphatic heterocycles. The van der Waals surface area contributed by atoms with Crippen LogP contribution < -0.4 is 5.14 Å². The van der Waals surface area contributed by atoms with E-state index in [0.717, 1.165) is 19.4 Å².